The third-order valence-electron chi connectivity index (χ3n) is 3.65. The highest BCUT2D eigenvalue weighted by Gasteiger charge is 2.22. The quantitative estimate of drug-likeness (QED) is 0.838. The molecule has 1 saturated heterocycles. The molecule has 4 nitrogen and oxygen atoms in total. The number of nitrogens with one attached hydrogen (secondary N) is 1. The molecule has 1 aromatic rings. The average Bonchev–Trinajstić information content (AvgIpc) is 2.98. The van der Waals surface area contributed by atoms with Crippen molar-refractivity contribution in [2.45, 2.75) is 32.7 Å². The fourth-order valence-electron chi connectivity index (χ4n) is 2.65. The zero-order chi connectivity index (χ0) is 15.1. The van der Waals surface area contributed by atoms with Gasteiger partial charge in [0.25, 0.3) is 5.91 Å². The molecule has 1 aliphatic heterocycles. The third-order valence-corrected chi connectivity index (χ3v) is 3.65. The van der Waals surface area contributed by atoms with Crippen molar-refractivity contribution in [1.82, 2.24) is 10.2 Å². The van der Waals surface area contributed by atoms with E-state index in [9.17, 15) is 4.79 Å². The number of rotatable bonds is 7. The molecule has 0 bridgehead atoms. The highest BCUT2D eigenvalue weighted by Crippen LogP contribution is 2.11. The van der Waals surface area contributed by atoms with E-state index < -0.39 is 0 Å². The van der Waals surface area contributed by atoms with Crippen molar-refractivity contribution < 1.29 is 9.53 Å². The zero-order valence-electron chi connectivity index (χ0n) is 13.0. The van der Waals surface area contributed by atoms with E-state index in [4.69, 9.17) is 4.74 Å². The number of hydrogen-bond donors (Lipinski definition) is 1. The fourth-order valence-corrected chi connectivity index (χ4v) is 2.65. The van der Waals surface area contributed by atoms with Crippen molar-refractivity contribution in [3.63, 3.8) is 0 Å². The number of carbonyl (C=O) groups excluding carboxylic acids is 1. The molecule has 0 aromatic heterocycles. The summed E-state index contributed by atoms with van der Waals surface area (Å²) in [5.41, 5.74) is 0. The number of nitrogens with zero attached hydrogens (tertiary/aromatic N) is 1. The largest absolute Gasteiger partial charge is 0.484 e. The van der Waals surface area contributed by atoms with Crippen LogP contribution in [0.25, 0.3) is 0 Å². The molecule has 1 fully saturated rings. The first kappa shape index (κ1) is 15.8. The normalized spacial score (nSPS) is 18.0. The Morgan fingerprint density at radius 3 is 2.76 bits per heavy atom. The molecule has 1 atom stereocenters. The van der Waals surface area contributed by atoms with Crippen LogP contribution < -0.4 is 10.1 Å². The van der Waals surface area contributed by atoms with E-state index in [1.54, 1.807) is 0 Å². The lowest BCUT2D eigenvalue weighted by atomic mass is 10.1. The van der Waals surface area contributed by atoms with Crippen molar-refractivity contribution in [2.75, 3.05) is 26.2 Å². The van der Waals surface area contributed by atoms with Crippen LogP contribution in [0.15, 0.2) is 30.3 Å². The Bertz CT molecular complexity index is 428. The lowest BCUT2D eigenvalue weighted by Crippen LogP contribution is -2.44. The fraction of sp³-hybridized carbons (Fsp3) is 0.588. The summed E-state index contributed by atoms with van der Waals surface area (Å²) in [5.74, 6) is 1.28. The second kappa shape index (κ2) is 8.03. The Labute approximate surface area is 127 Å². The lowest BCUT2D eigenvalue weighted by Gasteiger charge is -2.27. The topological polar surface area (TPSA) is 41.6 Å². The van der Waals surface area contributed by atoms with Gasteiger partial charge in [-0.3, -0.25) is 4.79 Å². The van der Waals surface area contributed by atoms with Gasteiger partial charge in [-0.1, -0.05) is 32.0 Å². The smallest absolute Gasteiger partial charge is 0.260 e. The predicted octanol–water partition coefficient (Wildman–Crippen LogP) is 2.30. The molecule has 0 spiro atoms. The van der Waals surface area contributed by atoms with Crippen LogP contribution in [0.5, 0.6) is 5.75 Å². The summed E-state index contributed by atoms with van der Waals surface area (Å²) < 4.78 is 5.58. The van der Waals surface area contributed by atoms with E-state index in [1.165, 1.54) is 6.42 Å². The van der Waals surface area contributed by atoms with Crippen LogP contribution >= 0.6 is 0 Å². The van der Waals surface area contributed by atoms with E-state index >= 15 is 0 Å². The summed E-state index contributed by atoms with van der Waals surface area (Å²) in [5, 5.41) is 3.45. The molecular formula is C17H26N2O2. The maximum atomic E-state index is 12.4. The molecule has 21 heavy (non-hydrogen) atoms. The molecule has 0 saturated carbocycles. The predicted molar refractivity (Wildman–Crippen MR) is 84.4 cm³/mol. The standard InChI is InChI=1S/C17H26N2O2/c1-14(2)11-19(12-15-7-6-10-18-15)17(20)13-21-16-8-4-3-5-9-16/h3-5,8-9,14-15,18H,6-7,10-13H2,1-2H3. The number of carbonyl (C=O) groups is 1. The monoisotopic (exact) mass is 290 g/mol. The van der Waals surface area contributed by atoms with E-state index in [2.05, 4.69) is 19.2 Å². The average molecular weight is 290 g/mol. The van der Waals surface area contributed by atoms with Gasteiger partial charge in [-0.15, -0.1) is 0 Å². The van der Waals surface area contributed by atoms with Gasteiger partial charge in [0.15, 0.2) is 6.61 Å². The van der Waals surface area contributed by atoms with Gasteiger partial charge in [-0.05, 0) is 37.4 Å². The number of ether oxygens (including phenoxy) is 1. The number of para-hydroxylation sites is 1. The molecule has 4 heteroatoms. The Kier molecular flexibility index (Phi) is 6.05. The van der Waals surface area contributed by atoms with E-state index in [0.717, 1.165) is 31.8 Å². The molecule has 1 amide bonds. The minimum absolute atomic E-state index is 0.0706. The molecule has 2 rings (SSSR count). The van der Waals surface area contributed by atoms with Gasteiger partial charge in [0.05, 0.1) is 0 Å². The van der Waals surface area contributed by atoms with Crippen LogP contribution in [0.2, 0.25) is 0 Å². The van der Waals surface area contributed by atoms with Gasteiger partial charge < -0.3 is 15.0 Å². The van der Waals surface area contributed by atoms with Crippen LogP contribution in [0.1, 0.15) is 26.7 Å². The van der Waals surface area contributed by atoms with Crippen LogP contribution in [0, 0.1) is 5.92 Å². The van der Waals surface area contributed by atoms with Gasteiger partial charge >= 0.3 is 0 Å². The molecule has 1 N–H and O–H groups in total. The van der Waals surface area contributed by atoms with Crippen LogP contribution in [-0.4, -0.2) is 43.1 Å². The van der Waals surface area contributed by atoms with Crippen molar-refractivity contribution in [2.24, 2.45) is 5.92 Å². The van der Waals surface area contributed by atoms with Gasteiger partial charge in [-0.2, -0.15) is 0 Å². The highest BCUT2D eigenvalue weighted by molar-refractivity contribution is 5.77. The summed E-state index contributed by atoms with van der Waals surface area (Å²) in [6, 6.07) is 9.94. The van der Waals surface area contributed by atoms with Gasteiger partial charge in [0, 0.05) is 19.1 Å². The summed E-state index contributed by atoms with van der Waals surface area (Å²) >= 11 is 0. The zero-order valence-corrected chi connectivity index (χ0v) is 13.0. The first-order valence-electron chi connectivity index (χ1n) is 7.84. The Hall–Kier alpha value is -1.55. The van der Waals surface area contributed by atoms with E-state index in [0.29, 0.717) is 12.0 Å². The van der Waals surface area contributed by atoms with Crippen LogP contribution in [0.3, 0.4) is 0 Å². The summed E-state index contributed by atoms with van der Waals surface area (Å²) in [6.07, 6.45) is 2.36. The molecule has 1 aliphatic rings. The van der Waals surface area contributed by atoms with Crippen molar-refractivity contribution >= 4 is 5.91 Å². The number of amides is 1. The first-order chi connectivity index (χ1) is 10.1. The molecule has 1 unspecified atom stereocenters. The van der Waals surface area contributed by atoms with E-state index in [-0.39, 0.29) is 12.5 Å². The Morgan fingerprint density at radius 2 is 2.14 bits per heavy atom. The van der Waals surface area contributed by atoms with Crippen LogP contribution in [0.4, 0.5) is 0 Å². The molecular weight excluding hydrogens is 264 g/mol. The van der Waals surface area contributed by atoms with Crippen molar-refractivity contribution in [1.29, 1.82) is 0 Å². The molecule has 0 aliphatic carbocycles. The summed E-state index contributed by atoms with van der Waals surface area (Å²) in [4.78, 5) is 14.4. The lowest BCUT2D eigenvalue weighted by molar-refractivity contribution is -0.134. The minimum atomic E-state index is 0.0706. The maximum Gasteiger partial charge on any atom is 0.260 e. The van der Waals surface area contributed by atoms with Crippen LogP contribution in [-0.2, 0) is 4.79 Å². The van der Waals surface area contributed by atoms with Gasteiger partial charge in [-0.25, -0.2) is 0 Å². The SMILES string of the molecule is CC(C)CN(CC1CCCN1)C(=O)COc1ccccc1. The van der Waals surface area contributed by atoms with Gasteiger partial charge in [0.1, 0.15) is 5.75 Å². The minimum Gasteiger partial charge on any atom is -0.484 e. The highest BCUT2D eigenvalue weighted by atomic mass is 16.5. The maximum absolute atomic E-state index is 12.4. The molecule has 1 aromatic carbocycles. The Balaban J connectivity index is 1.87. The summed E-state index contributed by atoms with van der Waals surface area (Å²) in [7, 11) is 0. The molecule has 1 heterocycles. The third kappa shape index (κ3) is 5.38. The molecule has 116 valence electrons. The van der Waals surface area contributed by atoms with E-state index in [1.807, 2.05) is 35.2 Å². The van der Waals surface area contributed by atoms with Crippen molar-refractivity contribution in [3.8, 4) is 5.75 Å². The second-order valence-electron chi connectivity index (χ2n) is 6.09. The number of hydrogen-bond acceptors (Lipinski definition) is 3. The van der Waals surface area contributed by atoms with Gasteiger partial charge in [0.2, 0.25) is 0 Å². The Morgan fingerprint density at radius 1 is 1.38 bits per heavy atom. The molecule has 0 radical (unpaired) electrons. The number of benzene rings is 1. The first-order valence-corrected chi connectivity index (χ1v) is 7.84. The van der Waals surface area contributed by atoms with Crippen molar-refractivity contribution in [3.05, 3.63) is 30.3 Å². The second-order valence-corrected chi connectivity index (χ2v) is 6.09. The summed E-state index contributed by atoms with van der Waals surface area (Å²) in [6.45, 7) is 7.03.